The SMILES string of the molecule is CCC(OC)C1OCCC1C. The van der Waals surface area contributed by atoms with E-state index in [0.717, 1.165) is 13.0 Å². The Morgan fingerprint density at radius 3 is 2.73 bits per heavy atom. The van der Waals surface area contributed by atoms with Crippen molar-refractivity contribution in [3.05, 3.63) is 0 Å². The third-order valence-electron chi connectivity index (χ3n) is 2.52. The van der Waals surface area contributed by atoms with Crippen LogP contribution in [-0.2, 0) is 9.47 Å². The Bertz CT molecular complexity index is 110. The highest BCUT2D eigenvalue weighted by atomic mass is 16.5. The highest BCUT2D eigenvalue weighted by Crippen LogP contribution is 2.25. The predicted octanol–water partition coefficient (Wildman–Crippen LogP) is 1.84. The summed E-state index contributed by atoms with van der Waals surface area (Å²) in [5, 5.41) is 0. The maximum absolute atomic E-state index is 5.58. The zero-order chi connectivity index (χ0) is 8.27. The molecule has 0 spiro atoms. The number of hydrogen-bond donors (Lipinski definition) is 0. The summed E-state index contributed by atoms with van der Waals surface area (Å²) in [7, 11) is 1.77. The van der Waals surface area contributed by atoms with Crippen molar-refractivity contribution >= 4 is 0 Å². The van der Waals surface area contributed by atoms with Crippen molar-refractivity contribution in [3.63, 3.8) is 0 Å². The molecule has 3 unspecified atom stereocenters. The van der Waals surface area contributed by atoms with Gasteiger partial charge in [-0.1, -0.05) is 13.8 Å². The topological polar surface area (TPSA) is 18.5 Å². The molecule has 2 heteroatoms. The van der Waals surface area contributed by atoms with Gasteiger partial charge in [0.1, 0.15) is 0 Å². The molecule has 66 valence electrons. The van der Waals surface area contributed by atoms with Gasteiger partial charge in [-0.05, 0) is 18.8 Å². The molecule has 0 aromatic heterocycles. The number of methoxy groups -OCH3 is 1. The molecule has 0 saturated carbocycles. The lowest BCUT2D eigenvalue weighted by molar-refractivity contribution is -0.0410. The van der Waals surface area contributed by atoms with Crippen LogP contribution in [0.25, 0.3) is 0 Å². The molecule has 1 aliphatic rings. The standard InChI is InChI=1S/C9H18O2/c1-4-8(10-3)9-7(2)5-6-11-9/h7-9H,4-6H2,1-3H3. The Balaban J connectivity index is 2.43. The van der Waals surface area contributed by atoms with Gasteiger partial charge in [0.05, 0.1) is 12.2 Å². The van der Waals surface area contributed by atoms with Crippen LogP contribution >= 0.6 is 0 Å². The van der Waals surface area contributed by atoms with Gasteiger partial charge in [-0.25, -0.2) is 0 Å². The molecular weight excluding hydrogens is 140 g/mol. The second-order valence-electron chi connectivity index (χ2n) is 3.28. The summed E-state index contributed by atoms with van der Waals surface area (Å²) in [6.07, 6.45) is 2.87. The van der Waals surface area contributed by atoms with Gasteiger partial charge in [-0.15, -0.1) is 0 Å². The molecule has 11 heavy (non-hydrogen) atoms. The summed E-state index contributed by atoms with van der Waals surface area (Å²) in [5.74, 6) is 0.667. The Hall–Kier alpha value is -0.0800. The van der Waals surface area contributed by atoms with E-state index < -0.39 is 0 Å². The first-order valence-corrected chi connectivity index (χ1v) is 4.44. The van der Waals surface area contributed by atoms with Gasteiger partial charge in [-0.2, -0.15) is 0 Å². The van der Waals surface area contributed by atoms with E-state index >= 15 is 0 Å². The van der Waals surface area contributed by atoms with Crippen LogP contribution in [-0.4, -0.2) is 25.9 Å². The molecule has 0 amide bonds. The summed E-state index contributed by atoms with van der Waals surface area (Å²) >= 11 is 0. The van der Waals surface area contributed by atoms with Crippen molar-refractivity contribution in [1.82, 2.24) is 0 Å². The summed E-state index contributed by atoms with van der Waals surface area (Å²) in [6.45, 7) is 5.29. The van der Waals surface area contributed by atoms with Crippen molar-refractivity contribution in [2.75, 3.05) is 13.7 Å². The minimum Gasteiger partial charge on any atom is -0.379 e. The second kappa shape index (κ2) is 4.07. The van der Waals surface area contributed by atoms with E-state index in [0.29, 0.717) is 18.1 Å². The zero-order valence-electron chi connectivity index (χ0n) is 7.67. The molecule has 2 nitrogen and oxygen atoms in total. The molecule has 3 atom stereocenters. The molecule has 0 aliphatic carbocycles. The molecule has 1 saturated heterocycles. The summed E-state index contributed by atoms with van der Waals surface area (Å²) < 4.78 is 10.9. The zero-order valence-corrected chi connectivity index (χ0v) is 7.67. The lowest BCUT2D eigenvalue weighted by atomic mass is 9.98. The lowest BCUT2D eigenvalue weighted by Crippen LogP contribution is -2.31. The quantitative estimate of drug-likeness (QED) is 0.624. The van der Waals surface area contributed by atoms with E-state index in [9.17, 15) is 0 Å². The van der Waals surface area contributed by atoms with E-state index in [1.165, 1.54) is 6.42 Å². The van der Waals surface area contributed by atoms with Crippen molar-refractivity contribution in [2.45, 2.75) is 38.9 Å². The number of hydrogen-bond acceptors (Lipinski definition) is 2. The first-order valence-electron chi connectivity index (χ1n) is 4.44. The summed E-state index contributed by atoms with van der Waals surface area (Å²) in [4.78, 5) is 0. The normalized spacial score (nSPS) is 34.1. The minimum absolute atomic E-state index is 0.299. The maximum Gasteiger partial charge on any atom is 0.0862 e. The third kappa shape index (κ3) is 1.94. The average molecular weight is 158 g/mol. The van der Waals surface area contributed by atoms with Gasteiger partial charge in [0.15, 0.2) is 0 Å². The van der Waals surface area contributed by atoms with E-state index in [4.69, 9.17) is 9.47 Å². The van der Waals surface area contributed by atoms with Crippen LogP contribution in [0, 0.1) is 5.92 Å². The van der Waals surface area contributed by atoms with Crippen LogP contribution in [0.3, 0.4) is 0 Å². The average Bonchev–Trinajstić information content (AvgIpc) is 2.40. The van der Waals surface area contributed by atoms with Gasteiger partial charge in [0.25, 0.3) is 0 Å². The highest BCUT2D eigenvalue weighted by molar-refractivity contribution is 4.79. The van der Waals surface area contributed by atoms with E-state index in [-0.39, 0.29) is 0 Å². The number of rotatable bonds is 3. The van der Waals surface area contributed by atoms with Crippen molar-refractivity contribution in [3.8, 4) is 0 Å². The molecule has 0 N–H and O–H groups in total. The fourth-order valence-corrected chi connectivity index (χ4v) is 1.73. The molecule has 0 aromatic carbocycles. The minimum atomic E-state index is 0.299. The van der Waals surface area contributed by atoms with Crippen LogP contribution in [0.15, 0.2) is 0 Å². The molecule has 1 heterocycles. The van der Waals surface area contributed by atoms with Crippen LogP contribution in [0.2, 0.25) is 0 Å². The maximum atomic E-state index is 5.58. The van der Waals surface area contributed by atoms with Gasteiger partial charge >= 0.3 is 0 Å². The predicted molar refractivity (Wildman–Crippen MR) is 44.6 cm³/mol. The second-order valence-corrected chi connectivity index (χ2v) is 3.28. The largest absolute Gasteiger partial charge is 0.379 e. The van der Waals surface area contributed by atoms with E-state index in [2.05, 4.69) is 13.8 Å². The van der Waals surface area contributed by atoms with Gasteiger partial charge < -0.3 is 9.47 Å². The van der Waals surface area contributed by atoms with Gasteiger partial charge in [0, 0.05) is 13.7 Å². The van der Waals surface area contributed by atoms with Crippen molar-refractivity contribution in [2.24, 2.45) is 5.92 Å². The van der Waals surface area contributed by atoms with Crippen LogP contribution in [0.5, 0.6) is 0 Å². The first-order chi connectivity index (χ1) is 5.29. The smallest absolute Gasteiger partial charge is 0.0862 e. The van der Waals surface area contributed by atoms with E-state index in [1.54, 1.807) is 7.11 Å². The fourth-order valence-electron chi connectivity index (χ4n) is 1.73. The fraction of sp³-hybridized carbons (Fsp3) is 1.00. The lowest BCUT2D eigenvalue weighted by Gasteiger charge is -2.23. The molecule has 0 aromatic rings. The molecule has 0 radical (unpaired) electrons. The van der Waals surface area contributed by atoms with Gasteiger partial charge in [0.2, 0.25) is 0 Å². The Morgan fingerprint density at radius 2 is 2.36 bits per heavy atom. The van der Waals surface area contributed by atoms with Gasteiger partial charge in [-0.3, -0.25) is 0 Å². The summed E-state index contributed by atoms with van der Waals surface area (Å²) in [6, 6.07) is 0. The Kier molecular flexibility index (Phi) is 3.34. The summed E-state index contributed by atoms with van der Waals surface area (Å²) in [5.41, 5.74) is 0. The van der Waals surface area contributed by atoms with Crippen LogP contribution in [0.1, 0.15) is 26.7 Å². The Morgan fingerprint density at radius 1 is 1.64 bits per heavy atom. The first kappa shape index (κ1) is 9.01. The molecule has 1 fully saturated rings. The molecule has 0 bridgehead atoms. The highest BCUT2D eigenvalue weighted by Gasteiger charge is 2.30. The van der Waals surface area contributed by atoms with E-state index in [1.807, 2.05) is 0 Å². The Labute approximate surface area is 68.9 Å². The van der Waals surface area contributed by atoms with Crippen LogP contribution < -0.4 is 0 Å². The van der Waals surface area contributed by atoms with Crippen molar-refractivity contribution in [1.29, 1.82) is 0 Å². The van der Waals surface area contributed by atoms with Crippen molar-refractivity contribution < 1.29 is 9.47 Å². The molecule has 1 aliphatic heterocycles. The monoisotopic (exact) mass is 158 g/mol. The molecule has 1 rings (SSSR count). The molecular formula is C9H18O2. The third-order valence-corrected chi connectivity index (χ3v) is 2.52. The number of ether oxygens (including phenoxy) is 2. The van der Waals surface area contributed by atoms with Crippen LogP contribution in [0.4, 0.5) is 0 Å².